The third kappa shape index (κ3) is 1.12. The van der Waals surface area contributed by atoms with Gasteiger partial charge in [-0.1, -0.05) is 0 Å². The molecule has 5 heteroatoms. The maximum absolute atomic E-state index is 10.5. The molecule has 1 heterocycles. The van der Waals surface area contributed by atoms with E-state index in [0.717, 1.165) is 19.5 Å². The van der Waals surface area contributed by atoms with E-state index in [1.165, 1.54) is 4.90 Å². The van der Waals surface area contributed by atoms with Gasteiger partial charge in [0.15, 0.2) is 0 Å². The molecule has 0 bridgehead atoms. The molecule has 0 aromatic carbocycles. The smallest absolute Gasteiger partial charge is 0.310 e. The van der Waals surface area contributed by atoms with E-state index in [9.17, 15) is 4.79 Å². The highest BCUT2D eigenvalue weighted by molar-refractivity contribution is 5.75. The molecule has 0 aliphatic carbocycles. The van der Waals surface area contributed by atoms with Crippen molar-refractivity contribution in [2.24, 2.45) is 5.11 Å². The Morgan fingerprint density at radius 3 is 2.67 bits per heavy atom. The van der Waals surface area contributed by atoms with Crippen LogP contribution in [0.3, 0.4) is 0 Å². The fourth-order valence-corrected chi connectivity index (χ4v) is 0.609. The van der Waals surface area contributed by atoms with Gasteiger partial charge >= 0.3 is 6.03 Å². The monoisotopic (exact) mass is 126 g/mol. The van der Waals surface area contributed by atoms with Crippen LogP contribution in [0.25, 0.3) is 10.4 Å². The SMILES string of the molecule is [N-]=[N+]=NC(=O)N1CCC1. The van der Waals surface area contributed by atoms with Crippen LogP contribution in [0.15, 0.2) is 5.11 Å². The number of azide groups is 1. The highest BCUT2D eigenvalue weighted by atomic mass is 16.2. The second kappa shape index (κ2) is 2.37. The normalized spacial score (nSPS) is 15.8. The zero-order valence-electron chi connectivity index (χ0n) is 4.82. The van der Waals surface area contributed by atoms with Gasteiger partial charge in [-0.25, -0.2) is 0 Å². The molecule has 9 heavy (non-hydrogen) atoms. The van der Waals surface area contributed by atoms with Gasteiger partial charge in [0, 0.05) is 23.1 Å². The Balaban J connectivity index is 2.41. The number of carbonyl (C=O) groups excluding carboxylic acids is 1. The molecule has 0 spiro atoms. The standard InChI is InChI=1S/C4H6N4O/c5-7-6-4(9)8-2-1-3-8/h1-3H2. The Kier molecular flexibility index (Phi) is 1.55. The number of hydrogen-bond acceptors (Lipinski definition) is 1. The molecule has 1 rings (SSSR count). The zero-order chi connectivity index (χ0) is 6.69. The molecule has 0 N–H and O–H groups in total. The van der Waals surface area contributed by atoms with Gasteiger partial charge in [-0.05, 0) is 12.0 Å². The third-order valence-electron chi connectivity index (χ3n) is 1.26. The number of hydrogen-bond donors (Lipinski definition) is 0. The van der Waals surface area contributed by atoms with E-state index in [2.05, 4.69) is 10.0 Å². The van der Waals surface area contributed by atoms with Crippen molar-refractivity contribution in [1.82, 2.24) is 4.90 Å². The van der Waals surface area contributed by atoms with E-state index in [4.69, 9.17) is 5.53 Å². The minimum absolute atomic E-state index is 0.455. The summed E-state index contributed by atoms with van der Waals surface area (Å²) in [6.07, 6.45) is 1.02. The first kappa shape index (κ1) is 5.91. The molecule has 0 saturated carbocycles. The van der Waals surface area contributed by atoms with Crippen LogP contribution < -0.4 is 0 Å². The van der Waals surface area contributed by atoms with E-state index in [1.807, 2.05) is 0 Å². The van der Waals surface area contributed by atoms with E-state index < -0.39 is 6.03 Å². The van der Waals surface area contributed by atoms with Crippen LogP contribution in [-0.2, 0) is 0 Å². The van der Waals surface area contributed by atoms with Crippen LogP contribution in [0, 0.1) is 0 Å². The van der Waals surface area contributed by atoms with Gasteiger partial charge in [0.05, 0.1) is 0 Å². The van der Waals surface area contributed by atoms with E-state index in [0.29, 0.717) is 0 Å². The summed E-state index contributed by atoms with van der Waals surface area (Å²) in [5.74, 6) is 0. The summed E-state index contributed by atoms with van der Waals surface area (Å²) in [6.45, 7) is 1.47. The minimum atomic E-state index is -0.455. The van der Waals surface area contributed by atoms with Gasteiger partial charge < -0.3 is 4.90 Å². The number of amides is 2. The lowest BCUT2D eigenvalue weighted by molar-refractivity contribution is 0.177. The van der Waals surface area contributed by atoms with Crippen LogP contribution >= 0.6 is 0 Å². The van der Waals surface area contributed by atoms with Crippen LogP contribution in [0.2, 0.25) is 0 Å². The summed E-state index contributed by atoms with van der Waals surface area (Å²) < 4.78 is 0. The molecular weight excluding hydrogens is 120 g/mol. The molecule has 0 aromatic heterocycles. The molecule has 2 amide bonds. The molecule has 1 aliphatic heterocycles. The molecule has 0 aromatic rings. The Hall–Kier alpha value is -1.22. The summed E-state index contributed by atoms with van der Waals surface area (Å²) in [4.78, 5) is 14.4. The molecule has 48 valence electrons. The fraction of sp³-hybridized carbons (Fsp3) is 0.750. The van der Waals surface area contributed by atoms with Crippen molar-refractivity contribution < 1.29 is 4.79 Å². The molecule has 5 nitrogen and oxygen atoms in total. The maximum Gasteiger partial charge on any atom is 0.310 e. The molecule has 1 aliphatic rings. The first-order chi connectivity index (χ1) is 4.34. The zero-order valence-corrected chi connectivity index (χ0v) is 4.82. The molecule has 0 unspecified atom stereocenters. The minimum Gasteiger partial charge on any atom is -0.337 e. The lowest BCUT2D eigenvalue weighted by atomic mass is 10.2. The fourth-order valence-electron chi connectivity index (χ4n) is 0.609. The van der Waals surface area contributed by atoms with Crippen molar-refractivity contribution in [3.05, 3.63) is 10.4 Å². The van der Waals surface area contributed by atoms with Gasteiger partial charge in [-0.15, -0.1) is 0 Å². The quantitative estimate of drug-likeness (QED) is 0.272. The second-order valence-electron chi connectivity index (χ2n) is 1.81. The molecule has 0 atom stereocenters. The average Bonchev–Trinajstić information content (AvgIpc) is 1.60. The highest BCUT2D eigenvalue weighted by Gasteiger charge is 2.17. The van der Waals surface area contributed by atoms with Crippen molar-refractivity contribution in [1.29, 1.82) is 0 Å². The Labute approximate surface area is 51.9 Å². The molecule has 1 saturated heterocycles. The Morgan fingerprint density at radius 1 is 1.67 bits per heavy atom. The number of nitrogens with zero attached hydrogens (tertiary/aromatic N) is 4. The van der Waals surface area contributed by atoms with Gasteiger partial charge in [0.25, 0.3) is 0 Å². The summed E-state index contributed by atoms with van der Waals surface area (Å²) in [6, 6.07) is -0.455. The largest absolute Gasteiger partial charge is 0.337 e. The number of rotatable bonds is 0. The number of likely N-dealkylation sites (tertiary alicyclic amines) is 1. The Morgan fingerprint density at radius 2 is 2.33 bits per heavy atom. The predicted molar refractivity (Wildman–Crippen MR) is 30.7 cm³/mol. The van der Waals surface area contributed by atoms with Gasteiger partial charge in [0.1, 0.15) is 0 Å². The second-order valence-corrected chi connectivity index (χ2v) is 1.81. The van der Waals surface area contributed by atoms with Gasteiger partial charge in [-0.3, -0.25) is 4.79 Å². The van der Waals surface area contributed by atoms with E-state index >= 15 is 0 Å². The lowest BCUT2D eigenvalue weighted by Gasteiger charge is -2.28. The van der Waals surface area contributed by atoms with E-state index in [1.54, 1.807) is 0 Å². The maximum atomic E-state index is 10.5. The van der Waals surface area contributed by atoms with Crippen molar-refractivity contribution in [2.75, 3.05) is 13.1 Å². The summed E-state index contributed by atoms with van der Waals surface area (Å²) in [5.41, 5.74) is 7.82. The van der Waals surface area contributed by atoms with Gasteiger partial charge in [0.2, 0.25) is 0 Å². The van der Waals surface area contributed by atoms with Crippen molar-refractivity contribution in [3.8, 4) is 0 Å². The van der Waals surface area contributed by atoms with Crippen molar-refractivity contribution in [2.45, 2.75) is 6.42 Å². The summed E-state index contributed by atoms with van der Waals surface area (Å²) in [5, 5.41) is 2.91. The average molecular weight is 126 g/mol. The molecule has 1 fully saturated rings. The summed E-state index contributed by atoms with van der Waals surface area (Å²) in [7, 11) is 0. The first-order valence-electron chi connectivity index (χ1n) is 2.68. The van der Waals surface area contributed by atoms with Crippen molar-refractivity contribution in [3.63, 3.8) is 0 Å². The molecule has 0 radical (unpaired) electrons. The summed E-state index contributed by atoms with van der Waals surface area (Å²) >= 11 is 0. The number of urea groups is 1. The topological polar surface area (TPSA) is 69.1 Å². The number of carbonyl (C=O) groups is 1. The van der Waals surface area contributed by atoms with E-state index in [-0.39, 0.29) is 0 Å². The highest BCUT2D eigenvalue weighted by Crippen LogP contribution is 2.06. The first-order valence-corrected chi connectivity index (χ1v) is 2.68. The van der Waals surface area contributed by atoms with Crippen LogP contribution in [0.5, 0.6) is 0 Å². The van der Waals surface area contributed by atoms with Crippen molar-refractivity contribution >= 4 is 6.03 Å². The predicted octanol–water partition coefficient (Wildman–Crippen LogP) is 1.12. The third-order valence-corrected chi connectivity index (χ3v) is 1.26. The van der Waals surface area contributed by atoms with Crippen LogP contribution in [0.4, 0.5) is 4.79 Å². The Bertz CT molecular complexity index is 167. The lowest BCUT2D eigenvalue weighted by Crippen LogP contribution is -2.40. The van der Waals surface area contributed by atoms with Crippen LogP contribution in [0.1, 0.15) is 6.42 Å². The molecular formula is C4H6N4O. The van der Waals surface area contributed by atoms with Crippen LogP contribution in [-0.4, -0.2) is 24.0 Å². The van der Waals surface area contributed by atoms with Gasteiger partial charge in [-0.2, -0.15) is 0 Å².